The van der Waals surface area contributed by atoms with E-state index in [1.165, 1.54) is 6.20 Å². The largest absolute Gasteiger partial charge is 0.478 e. The Morgan fingerprint density at radius 3 is 2.67 bits per heavy atom. The molecule has 21 heavy (non-hydrogen) atoms. The van der Waals surface area contributed by atoms with Gasteiger partial charge in [-0.3, -0.25) is 0 Å². The second-order valence-corrected chi connectivity index (χ2v) is 4.69. The van der Waals surface area contributed by atoms with Crippen LogP contribution in [0.15, 0.2) is 36.5 Å². The van der Waals surface area contributed by atoms with Crippen LogP contribution in [-0.4, -0.2) is 22.6 Å². The van der Waals surface area contributed by atoms with Gasteiger partial charge in [0.05, 0.1) is 11.1 Å². The number of benzene rings is 1. The molecule has 0 fully saturated rings. The van der Waals surface area contributed by atoms with E-state index in [4.69, 9.17) is 22.0 Å². The molecule has 0 unspecified atom stereocenters. The van der Waals surface area contributed by atoms with Crippen LogP contribution in [0.5, 0.6) is 0 Å². The van der Waals surface area contributed by atoms with Crippen LogP contribution in [-0.2, 0) is 6.42 Å². The highest BCUT2D eigenvalue weighted by molar-refractivity contribution is 6.34. The molecule has 0 aliphatic heterocycles. The third-order valence-corrected chi connectivity index (χ3v) is 3.30. The van der Waals surface area contributed by atoms with Crippen LogP contribution in [0.3, 0.4) is 0 Å². The quantitative estimate of drug-likeness (QED) is 0.886. The maximum atomic E-state index is 10.7. The molecule has 5 nitrogen and oxygen atoms in total. The zero-order valence-electron chi connectivity index (χ0n) is 11.0. The first-order valence-corrected chi connectivity index (χ1v) is 6.60. The van der Waals surface area contributed by atoms with E-state index in [1.54, 1.807) is 30.3 Å². The van der Waals surface area contributed by atoms with Gasteiger partial charge in [0.1, 0.15) is 16.9 Å². The lowest BCUT2D eigenvalue weighted by molar-refractivity contribution is 0.0697. The number of hydrogen-bond donors (Lipinski definition) is 2. The number of anilines is 1. The molecule has 0 spiro atoms. The van der Waals surface area contributed by atoms with Crippen molar-refractivity contribution in [2.75, 3.05) is 11.9 Å². The molecule has 0 radical (unpaired) electrons. The first-order chi connectivity index (χ1) is 10.1. The van der Waals surface area contributed by atoms with Crippen molar-refractivity contribution in [2.45, 2.75) is 6.42 Å². The molecule has 1 aromatic carbocycles. The van der Waals surface area contributed by atoms with Crippen molar-refractivity contribution in [2.24, 2.45) is 0 Å². The Morgan fingerprint density at radius 2 is 2.05 bits per heavy atom. The Balaban J connectivity index is 1.96. The molecule has 2 aromatic rings. The van der Waals surface area contributed by atoms with E-state index >= 15 is 0 Å². The molecule has 0 aliphatic carbocycles. The van der Waals surface area contributed by atoms with Crippen molar-refractivity contribution in [1.82, 2.24) is 4.98 Å². The van der Waals surface area contributed by atoms with E-state index in [-0.39, 0.29) is 5.56 Å². The molecular formula is C15H12ClN3O2. The Morgan fingerprint density at radius 1 is 1.33 bits per heavy atom. The van der Waals surface area contributed by atoms with Crippen molar-refractivity contribution in [1.29, 1.82) is 5.26 Å². The molecule has 106 valence electrons. The molecule has 0 saturated carbocycles. The third kappa shape index (κ3) is 3.71. The maximum absolute atomic E-state index is 10.7. The first-order valence-electron chi connectivity index (χ1n) is 6.22. The zero-order valence-corrected chi connectivity index (χ0v) is 11.8. The number of carbonyl (C=O) groups is 1. The average Bonchev–Trinajstić information content (AvgIpc) is 2.49. The Labute approximate surface area is 126 Å². The summed E-state index contributed by atoms with van der Waals surface area (Å²) in [7, 11) is 0. The fourth-order valence-corrected chi connectivity index (χ4v) is 2.01. The Hall–Kier alpha value is -2.58. The number of carboxylic acid groups (broad SMARTS) is 1. The molecular weight excluding hydrogens is 290 g/mol. The van der Waals surface area contributed by atoms with Gasteiger partial charge in [-0.1, -0.05) is 23.7 Å². The van der Waals surface area contributed by atoms with E-state index in [0.29, 0.717) is 29.4 Å². The fourth-order valence-electron chi connectivity index (χ4n) is 1.79. The topological polar surface area (TPSA) is 86.0 Å². The molecule has 2 N–H and O–H groups in total. The minimum Gasteiger partial charge on any atom is -0.478 e. The zero-order chi connectivity index (χ0) is 15.2. The molecule has 0 amide bonds. The van der Waals surface area contributed by atoms with Gasteiger partial charge in [0.15, 0.2) is 0 Å². The van der Waals surface area contributed by atoms with Gasteiger partial charge in [0, 0.05) is 12.7 Å². The van der Waals surface area contributed by atoms with Crippen LogP contribution in [0.4, 0.5) is 5.82 Å². The second-order valence-electron chi connectivity index (χ2n) is 4.31. The molecule has 6 heteroatoms. The molecule has 2 rings (SSSR count). The summed E-state index contributed by atoms with van der Waals surface area (Å²) < 4.78 is 0. The van der Waals surface area contributed by atoms with E-state index in [2.05, 4.69) is 10.3 Å². The van der Waals surface area contributed by atoms with Crippen molar-refractivity contribution in [3.8, 4) is 6.07 Å². The van der Waals surface area contributed by atoms with Gasteiger partial charge >= 0.3 is 5.97 Å². The van der Waals surface area contributed by atoms with Gasteiger partial charge in [-0.05, 0) is 30.2 Å². The summed E-state index contributed by atoms with van der Waals surface area (Å²) in [5, 5.41) is 21.1. The fraction of sp³-hybridized carbons (Fsp3) is 0.133. The predicted octanol–water partition coefficient (Wildman–Crippen LogP) is 2.96. The maximum Gasteiger partial charge on any atom is 0.335 e. The minimum absolute atomic E-state index is 0.262. The van der Waals surface area contributed by atoms with E-state index in [9.17, 15) is 4.79 Å². The summed E-state index contributed by atoms with van der Waals surface area (Å²) in [4.78, 5) is 14.8. The number of nitriles is 1. The molecule has 1 aromatic heterocycles. The van der Waals surface area contributed by atoms with Crippen molar-refractivity contribution in [3.63, 3.8) is 0 Å². The summed E-state index contributed by atoms with van der Waals surface area (Å²) in [6.07, 6.45) is 2.21. The Bertz CT molecular complexity index is 693. The smallest absolute Gasteiger partial charge is 0.335 e. The highest BCUT2D eigenvalue weighted by Crippen LogP contribution is 2.22. The van der Waals surface area contributed by atoms with Crippen molar-refractivity contribution in [3.05, 3.63) is 58.2 Å². The number of halogens is 1. The van der Waals surface area contributed by atoms with Crippen LogP contribution >= 0.6 is 11.6 Å². The lowest BCUT2D eigenvalue weighted by Crippen LogP contribution is -2.07. The SMILES string of the molecule is N#Cc1ccnc(NCCc2ccc(C(=O)O)cc2)c1Cl. The highest BCUT2D eigenvalue weighted by atomic mass is 35.5. The van der Waals surface area contributed by atoms with E-state index < -0.39 is 5.97 Å². The molecule has 0 atom stereocenters. The minimum atomic E-state index is -0.941. The molecule has 0 saturated heterocycles. The van der Waals surface area contributed by atoms with Gasteiger partial charge in [-0.15, -0.1) is 0 Å². The number of hydrogen-bond acceptors (Lipinski definition) is 4. The van der Waals surface area contributed by atoms with Gasteiger partial charge in [0.25, 0.3) is 0 Å². The molecule has 0 aliphatic rings. The number of carboxylic acids is 1. The van der Waals surface area contributed by atoms with Gasteiger partial charge in [0.2, 0.25) is 0 Å². The summed E-state index contributed by atoms with van der Waals surface area (Å²) >= 11 is 6.03. The standard InChI is InChI=1S/C15H12ClN3O2/c16-13-12(9-17)6-8-19-14(13)18-7-5-10-1-3-11(4-2-10)15(20)21/h1-4,6,8H,5,7H2,(H,18,19)(H,20,21). The number of pyridine rings is 1. The van der Waals surface area contributed by atoms with Crippen molar-refractivity contribution < 1.29 is 9.90 Å². The average molecular weight is 302 g/mol. The first kappa shape index (κ1) is 14.8. The lowest BCUT2D eigenvalue weighted by Gasteiger charge is -2.08. The predicted molar refractivity (Wildman–Crippen MR) is 79.6 cm³/mol. The number of nitrogens with one attached hydrogen (secondary N) is 1. The number of aromatic carboxylic acids is 1. The lowest BCUT2D eigenvalue weighted by atomic mass is 10.1. The normalized spacial score (nSPS) is 9.90. The summed E-state index contributed by atoms with van der Waals surface area (Å²) in [6, 6.07) is 10.2. The van der Waals surface area contributed by atoms with E-state index in [1.807, 2.05) is 6.07 Å². The van der Waals surface area contributed by atoms with Crippen LogP contribution in [0, 0.1) is 11.3 Å². The second kappa shape index (κ2) is 6.73. The summed E-state index contributed by atoms with van der Waals surface area (Å²) in [5.74, 6) is -0.471. The monoisotopic (exact) mass is 301 g/mol. The summed E-state index contributed by atoms with van der Waals surface area (Å²) in [6.45, 7) is 0.577. The van der Waals surface area contributed by atoms with Crippen LogP contribution in [0.25, 0.3) is 0 Å². The van der Waals surface area contributed by atoms with Crippen LogP contribution < -0.4 is 5.32 Å². The van der Waals surface area contributed by atoms with Crippen LogP contribution in [0.1, 0.15) is 21.5 Å². The number of rotatable bonds is 5. The number of nitrogens with zero attached hydrogens (tertiary/aromatic N) is 2. The number of aromatic nitrogens is 1. The summed E-state index contributed by atoms with van der Waals surface area (Å²) in [5.41, 5.74) is 1.64. The van der Waals surface area contributed by atoms with Crippen molar-refractivity contribution >= 4 is 23.4 Å². The van der Waals surface area contributed by atoms with Gasteiger partial charge in [-0.2, -0.15) is 5.26 Å². The van der Waals surface area contributed by atoms with Gasteiger partial charge < -0.3 is 10.4 Å². The van der Waals surface area contributed by atoms with E-state index in [0.717, 1.165) is 5.56 Å². The third-order valence-electron chi connectivity index (χ3n) is 2.92. The Kier molecular flexibility index (Phi) is 4.75. The van der Waals surface area contributed by atoms with Gasteiger partial charge in [-0.25, -0.2) is 9.78 Å². The molecule has 0 bridgehead atoms. The molecule has 1 heterocycles. The highest BCUT2D eigenvalue weighted by Gasteiger charge is 2.06. The van der Waals surface area contributed by atoms with Crippen LogP contribution in [0.2, 0.25) is 5.02 Å².